The van der Waals surface area contributed by atoms with Gasteiger partial charge in [-0.1, -0.05) is 5.21 Å². The molecule has 1 saturated heterocycles. The standard InChI is InChI=1S/C15H25N7O/c1-19(2)15-16-6-11(21(15)4)7-22-8-12(14(10-22)23-5)13-9-20(3)18-17-13/h6,9,12,14H,7-8,10H2,1-5H3/t12-,14+/m0/s1. The quantitative estimate of drug-likeness (QED) is 0.786. The molecule has 0 spiro atoms. The Labute approximate surface area is 136 Å². The second-order valence-corrected chi connectivity index (χ2v) is 6.39. The van der Waals surface area contributed by atoms with Crippen molar-refractivity contribution in [2.24, 2.45) is 14.1 Å². The Morgan fingerprint density at radius 3 is 2.65 bits per heavy atom. The fourth-order valence-corrected chi connectivity index (χ4v) is 3.26. The maximum absolute atomic E-state index is 5.68. The Hall–Kier alpha value is -1.93. The molecule has 0 N–H and O–H groups in total. The van der Waals surface area contributed by atoms with E-state index >= 15 is 0 Å². The van der Waals surface area contributed by atoms with Gasteiger partial charge in [0.1, 0.15) is 0 Å². The number of ether oxygens (including phenoxy) is 1. The van der Waals surface area contributed by atoms with Crippen molar-refractivity contribution >= 4 is 5.95 Å². The summed E-state index contributed by atoms with van der Waals surface area (Å²) in [6.45, 7) is 2.66. The molecule has 126 valence electrons. The van der Waals surface area contributed by atoms with Crippen LogP contribution in [-0.2, 0) is 25.4 Å². The van der Waals surface area contributed by atoms with Crippen LogP contribution in [0.25, 0.3) is 0 Å². The first-order valence-electron chi connectivity index (χ1n) is 7.79. The second kappa shape index (κ2) is 6.29. The van der Waals surface area contributed by atoms with Gasteiger partial charge in [-0.25, -0.2) is 4.98 Å². The van der Waals surface area contributed by atoms with Crippen LogP contribution in [0.4, 0.5) is 5.95 Å². The van der Waals surface area contributed by atoms with Crippen LogP contribution in [0, 0.1) is 0 Å². The number of likely N-dealkylation sites (tertiary alicyclic amines) is 1. The van der Waals surface area contributed by atoms with E-state index in [4.69, 9.17) is 4.74 Å². The monoisotopic (exact) mass is 319 g/mol. The molecule has 8 nitrogen and oxygen atoms in total. The molecule has 1 aliphatic rings. The van der Waals surface area contributed by atoms with Crippen molar-refractivity contribution in [2.75, 3.05) is 39.2 Å². The summed E-state index contributed by atoms with van der Waals surface area (Å²) >= 11 is 0. The van der Waals surface area contributed by atoms with Gasteiger partial charge in [0, 0.05) is 67.0 Å². The van der Waals surface area contributed by atoms with Crippen LogP contribution in [0.15, 0.2) is 12.4 Å². The highest BCUT2D eigenvalue weighted by Gasteiger charge is 2.36. The minimum Gasteiger partial charge on any atom is -0.379 e. The molecule has 2 aromatic rings. The Bertz CT molecular complexity index is 663. The molecule has 1 fully saturated rings. The highest BCUT2D eigenvalue weighted by Crippen LogP contribution is 2.29. The topological polar surface area (TPSA) is 64.2 Å². The summed E-state index contributed by atoms with van der Waals surface area (Å²) in [5.74, 6) is 1.23. The minimum absolute atomic E-state index is 0.147. The summed E-state index contributed by atoms with van der Waals surface area (Å²) in [6.07, 6.45) is 4.08. The first-order chi connectivity index (χ1) is 11.0. The van der Waals surface area contributed by atoms with Gasteiger partial charge in [-0.15, -0.1) is 5.10 Å². The lowest BCUT2D eigenvalue weighted by Gasteiger charge is -2.17. The zero-order valence-electron chi connectivity index (χ0n) is 14.5. The van der Waals surface area contributed by atoms with Gasteiger partial charge in [-0.05, 0) is 0 Å². The maximum atomic E-state index is 5.68. The molecule has 1 aliphatic heterocycles. The zero-order valence-corrected chi connectivity index (χ0v) is 14.5. The van der Waals surface area contributed by atoms with E-state index in [0.717, 1.165) is 31.3 Å². The fraction of sp³-hybridized carbons (Fsp3) is 0.667. The predicted molar refractivity (Wildman–Crippen MR) is 87.4 cm³/mol. The van der Waals surface area contributed by atoms with Gasteiger partial charge in [-0.2, -0.15) is 0 Å². The number of aryl methyl sites for hydroxylation is 1. The average Bonchev–Trinajstić information content (AvgIpc) is 3.19. The number of anilines is 1. The number of hydrogen-bond acceptors (Lipinski definition) is 6. The van der Waals surface area contributed by atoms with Crippen molar-refractivity contribution in [1.82, 2.24) is 29.4 Å². The Morgan fingerprint density at radius 1 is 1.30 bits per heavy atom. The summed E-state index contributed by atoms with van der Waals surface area (Å²) in [6, 6.07) is 0. The average molecular weight is 319 g/mol. The Balaban J connectivity index is 1.73. The smallest absolute Gasteiger partial charge is 0.204 e. The summed E-state index contributed by atoms with van der Waals surface area (Å²) in [4.78, 5) is 8.90. The van der Waals surface area contributed by atoms with Crippen molar-refractivity contribution in [1.29, 1.82) is 0 Å². The number of methoxy groups -OCH3 is 1. The summed E-state index contributed by atoms with van der Waals surface area (Å²) < 4.78 is 9.56. The lowest BCUT2D eigenvalue weighted by molar-refractivity contribution is 0.0955. The molecule has 0 unspecified atom stereocenters. The van der Waals surface area contributed by atoms with Gasteiger partial charge in [0.25, 0.3) is 0 Å². The summed E-state index contributed by atoms with van der Waals surface area (Å²) in [5, 5.41) is 8.31. The molecule has 2 atom stereocenters. The summed E-state index contributed by atoms with van der Waals surface area (Å²) in [7, 11) is 9.73. The van der Waals surface area contributed by atoms with Crippen LogP contribution < -0.4 is 4.90 Å². The highest BCUT2D eigenvalue weighted by molar-refractivity contribution is 5.31. The molecule has 0 aromatic carbocycles. The van der Waals surface area contributed by atoms with E-state index in [-0.39, 0.29) is 12.0 Å². The molecular weight excluding hydrogens is 294 g/mol. The predicted octanol–water partition coefficient (Wildman–Crippen LogP) is 0.229. The van der Waals surface area contributed by atoms with Crippen LogP contribution in [0.1, 0.15) is 17.3 Å². The van der Waals surface area contributed by atoms with E-state index in [1.54, 1.807) is 11.8 Å². The van der Waals surface area contributed by atoms with Crippen LogP contribution in [-0.4, -0.2) is 69.8 Å². The third kappa shape index (κ3) is 3.09. The highest BCUT2D eigenvalue weighted by atomic mass is 16.5. The molecule has 0 radical (unpaired) electrons. The largest absolute Gasteiger partial charge is 0.379 e. The Kier molecular flexibility index (Phi) is 4.36. The normalized spacial score (nSPS) is 22.0. The number of nitrogens with zero attached hydrogens (tertiary/aromatic N) is 7. The molecule has 23 heavy (non-hydrogen) atoms. The molecule has 2 aromatic heterocycles. The van der Waals surface area contributed by atoms with E-state index in [9.17, 15) is 0 Å². The lowest BCUT2D eigenvalue weighted by atomic mass is 10.0. The van der Waals surface area contributed by atoms with Crippen LogP contribution in [0.2, 0.25) is 0 Å². The first-order valence-corrected chi connectivity index (χ1v) is 7.79. The second-order valence-electron chi connectivity index (χ2n) is 6.39. The molecule has 0 amide bonds. The lowest BCUT2D eigenvalue weighted by Crippen LogP contribution is -2.24. The van der Waals surface area contributed by atoms with E-state index in [2.05, 4.69) is 31.8 Å². The van der Waals surface area contributed by atoms with E-state index in [1.807, 2.05) is 38.4 Å². The minimum atomic E-state index is 0.147. The SMILES string of the molecule is CO[C@@H]1CN(Cc2cnc(N(C)C)n2C)C[C@H]1c1cn(C)nn1. The van der Waals surface area contributed by atoms with Gasteiger partial charge in [0.2, 0.25) is 5.95 Å². The third-order valence-electron chi connectivity index (χ3n) is 4.49. The molecule has 3 rings (SSSR count). The van der Waals surface area contributed by atoms with Crippen molar-refractivity contribution in [3.63, 3.8) is 0 Å². The van der Waals surface area contributed by atoms with Crippen molar-refractivity contribution in [2.45, 2.75) is 18.6 Å². The van der Waals surface area contributed by atoms with Crippen molar-refractivity contribution < 1.29 is 4.74 Å². The molecule has 0 bridgehead atoms. The summed E-state index contributed by atoms with van der Waals surface area (Å²) in [5.41, 5.74) is 2.20. The van der Waals surface area contributed by atoms with Gasteiger partial charge in [0.05, 0.1) is 23.7 Å². The van der Waals surface area contributed by atoms with Gasteiger partial charge < -0.3 is 14.2 Å². The third-order valence-corrected chi connectivity index (χ3v) is 4.49. The number of rotatable bonds is 5. The van der Waals surface area contributed by atoms with Gasteiger partial charge in [-0.3, -0.25) is 9.58 Å². The maximum Gasteiger partial charge on any atom is 0.204 e. The number of imidazole rings is 1. The molecule has 0 aliphatic carbocycles. The van der Waals surface area contributed by atoms with E-state index in [1.165, 1.54) is 5.69 Å². The molecule has 3 heterocycles. The fourth-order valence-electron chi connectivity index (χ4n) is 3.26. The molecule has 8 heteroatoms. The van der Waals surface area contributed by atoms with Crippen LogP contribution in [0.5, 0.6) is 0 Å². The van der Waals surface area contributed by atoms with Crippen molar-refractivity contribution in [3.05, 3.63) is 23.8 Å². The molecule has 0 saturated carbocycles. The van der Waals surface area contributed by atoms with Crippen LogP contribution >= 0.6 is 0 Å². The van der Waals surface area contributed by atoms with Gasteiger partial charge in [0.15, 0.2) is 0 Å². The first kappa shape index (κ1) is 15.9. The Morgan fingerprint density at radius 2 is 2.09 bits per heavy atom. The number of hydrogen-bond donors (Lipinski definition) is 0. The zero-order chi connectivity index (χ0) is 16.6. The van der Waals surface area contributed by atoms with Crippen molar-refractivity contribution in [3.8, 4) is 0 Å². The number of aromatic nitrogens is 5. The van der Waals surface area contributed by atoms with Gasteiger partial charge >= 0.3 is 0 Å². The van der Waals surface area contributed by atoms with Crippen LogP contribution in [0.3, 0.4) is 0 Å². The molecular formula is C15H25N7O. The van der Waals surface area contributed by atoms with E-state index < -0.39 is 0 Å². The van der Waals surface area contributed by atoms with E-state index in [0.29, 0.717) is 0 Å².